The third kappa shape index (κ3) is 5.46. The number of hydrogen-bond acceptors (Lipinski definition) is 7. The summed E-state index contributed by atoms with van der Waals surface area (Å²) in [4.78, 5) is 19.5. The summed E-state index contributed by atoms with van der Waals surface area (Å²) >= 11 is 6.27. The number of carbonyl (C=O) groups is 1. The average Bonchev–Trinajstić information content (AvgIpc) is 3.29. The summed E-state index contributed by atoms with van der Waals surface area (Å²) in [7, 11) is 3.17. The molecule has 9 heteroatoms. The van der Waals surface area contributed by atoms with E-state index in [9.17, 15) is 4.79 Å². The number of nitrogens with zero attached hydrogens (tertiary/aromatic N) is 3. The van der Waals surface area contributed by atoms with Gasteiger partial charge in [0.25, 0.3) is 0 Å². The van der Waals surface area contributed by atoms with Gasteiger partial charge in [-0.15, -0.1) is 0 Å². The second kappa shape index (κ2) is 10.2. The van der Waals surface area contributed by atoms with Gasteiger partial charge in [-0.25, -0.2) is 0 Å². The Morgan fingerprint density at radius 1 is 1.21 bits per heavy atom. The maximum Gasteiger partial charge on any atom is 0.241 e. The van der Waals surface area contributed by atoms with Crippen LogP contribution in [0.4, 0.5) is 5.69 Å². The summed E-state index contributed by atoms with van der Waals surface area (Å²) in [5.41, 5.74) is 2.46. The molecular formula is C24H27ClN4O4. The van der Waals surface area contributed by atoms with Crippen LogP contribution >= 0.6 is 11.6 Å². The normalized spacial score (nSPS) is 16.4. The van der Waals surface area contributed by atoms with Crippen LogP contribution in [0.1, 0.15) is 24.3 Å². The third-order valence-electron chi connectivity index (χ3n) is 5.73. The van der Waals surface area contributed by atoms with Gasteiger partial charge in [0.05, 0.1) is 37.4 Å². The number of aryl methyl sites for hydroxylation is 1. The van der Waals surface area contributed by atoms with Crippen molar-refractivity contribution < 1.29 is 18.8 Å². The largest absolute Gasteiger partial charge is 0.493 e. The van der Waals surface area contributed by atoms with Gasteiger partial charge in [0, 0.05) is 12.1 Å². The molecule has 174 valence electrons. The molecule has 1 N–H and O–H groups in total. The van der Waals surface area contributed by atoms with Crippen molar-refractivity contribution in [2.75, 3.05) is 32.6 Å². The zero-order valence-electron chi connectivity index (χ0n) is 18.9. The number of benzene rings is 2. The molecular weight excluding hydrogens is 444 g/mol. The number of piperidine rings is 1. The third-order valence-corrected chi connectivity index (χ3v) is 6.04. The molecule has 33 heavy (non-hydrogen) atoms. The van der Waals surface area contributed by atoms with Crippen LogP contribution in [0.25, 0.3) is 11.4 Å². The summed E-state index contributed by atoms with van der Waals surface area (Å²) in [5, 5.41) is 7.62. The molecule has 2 heterocycles. The van der Waals surface area contributed by atoms with Crippen LogP contribution in [-0.4, -0.2) is 48.3 Å². The first-order valence-electron chi connectivity index (χ1n) is 10.8. The maximum absolute atomic E-state index is 12.8. The van der Waals surface area contributed by atoms with E-state index in [-0.39, 0.29) is 11.8 Å². The van der Waals surface area contributed by atoms with Crippen molar-refractivity contribution in [3.05, 3.63) is 52.9 Å². The molecule has 1 saturated heterocycles. The van der Waals surface area contributed by atoms with Gasteiger partial charge in [-0.3, -0.25) is 9.69 Å². The summed E-state index contributed by atoms with van der Waals surface area (Å²) in [5.74, 6) is 2.05. The first kappa shape index (κ1) is 23.1. The van der Waals surface area contributed by atoms with Crippen molar-refractivity contribution in [2.24, 2.45) is 5.92 Å². The first-order chi connectivity index (χ1) is 16.0. The fourth-order valence-corrected chi connectivity index (χ4v) is 4.25. The zero-order chi connectivity index (χ0) is 23.4. The Balaban J connectivity index is 1.39. The number of halogens is 1. The minimum Gasteiger partial charge on any atom is -0.493 e. The molecule has 0 bridgehead atoms. The van der Waals surface area contributed by atoms with Crippen molar-refractivity contribution in [2.45, 2.75) is 26.3 Å². The zero-order valence-corrected chi connectivity index (χ0v) is 19.7. The van der Waals surface area contributed by atoms with Crippen LogP contribution in [0.15, 0.2) is 40.9 Å². The quantitative estimate of drug-likeness (QED) is 0.541. The lowest BCUT2D eigenvalue weighted by Crippen LogP contribution is -2.40. The van der Waals surface area contributed by atoms with Gasteiger partial charge in [0.1, 0.15) is 0 Å². The fraction of sp³-hybridized carbons (Fsp3) is 0.375. The summed E-state index contributed by atoms with van der Waals surface area (Å²) in [6.45, 7) is 3.92. The van der Waals surface area contributed by atoms with Crippen LogP contribution in [0.3, 0.4) is 0 Å². The van der Waals surface area contributed by atoms with E-state index >= 15 is 0 Å². The summed E-state index contributed by atoms with van der Waals surface area (Å²) < 4.78 is 16.1. The lowest BCUT2D eigenvalue weighted by molar-refractivity contribution is -0.121. The molecule has 8 nitrogen and oxygen atoms in total. The summed E-state index contributed by atoms with van der Waals surface area (Å²) in [6, 6.07) is 11.1. The van der Waals surface area contributed by atoms with Crippen molar-refractivity contribution in [3.63, 3.8) is 0 Å². The van der Waals surface area contributed by atoms with E-state index in [1.807, 2.05) is 37.3 Å². The second-order valence-corrected chi connectivity index (χ2v) is 8.54. The van der Waals surface area contributed by atoms with Crippen LogP contribution in [0.2, 0.25) is 5.02 Å². The number of ether oxygens (including phenoxy) is 2. The Morgan fingerprint density at radius 2 is 2.03 bits per heavy atom. The fourth-order valence-electron chi connectivity index (χ4n) is 3.97. The van der Waals surface area contributed by atoms with E-state index in [1.165, 1.54) is 0 Å². The molecule has 1 atom stereocenters. The highest BCUT2D eigenvalue weighted by Gasteiger charge is 2.27. The number of hydrogen-bond donors (Lipinski definition) is 1. The molecule has 0 spiro atoms. The number of nitrogens with one attached hydrogen (secondary N) is 1. The van der Waals surface area contributed by atoms with E-state index < -0.39 is 0 Å². The van der Waals surface area contributed by atoms with Crippen molar-refractivity contribution >= 4 is 23.2 Å². The Labute approximate surface area is 197 Å². The van der Waals surface area contributed by atoms with Crippen LogP contribution < -0.4 is 14.8 Å². The minimum absolute atomic E-state index is 0.0259. The van der Waals surface area contributed by atoms with Gasteiger partial charge < -0.3 is 19.3 Å². The van der Waals surface area contributed by atoms with Crippen molar-refractivity contribution in [3.8, 4) is 22.9 Å². The second-order valence-electron chi connectivity index (χ2n) is 8.13. The molecule has 0 saturated carbocycles. The van der Waals surface area contributed by atoms with E-state index in [4.69, 9.17) is 25.6 Å². The molecule has 1 unspecified atom stereocenters. The number of carbonyl (C=O) groups excluding carboxylic acids is 1. The molecule has 1 fully saturated rings. The van der Waals surface area contributed by atoms with E-state index in [1.54, 1.807) is 20.3 Å². The van der Waals surface area contributed by atoms with Gasteiger partial charge in [0.2, 0.25) is 17.6 Å². The van der Waals surface area contributed by atoms with Crippen molar-refractivity contribution in [1.82, 2.24) is 15.0 Å². The number of rotatable bonds is 7. The topological polar surface area (TPSA) is 89.7 Å². The highest BCUT2D eigenvalue weighted by molar-refractivity contribution is 6.33. The molecule has 3 aromatic rings. The van der Waals surface area contributed by atoms with Gasteiger partial charge >= 0.3 is 0 Å². The lowest BCUT2D eigenvalue weighted by atomic mass is 9.97. The SMILES string of the molecule is COc1ccc(-c2noc(CN3CCCC(C(=O)Nc4ccc(C)cc4Cl)C3)n2)cc1OC. The van der Waals surface area contributed by atoms with E-state index in [0.717, 1.165) is 30.5 Å². The number of methoxy groups -OCH3 is 2. The Kier molecular flexibility index (Phi) is 7.15. The van der Waals surface area contributed by atoms with Crippen LogP contribution in [0, 0.1) is 12.8 Å². The molecule has 1 amide bonds. The monoisotopic (exact) mass is 470 g/mol. The molecule has 1 aliphatic rings. The average molecular weight is 471 g/mol. The molecule has 4 rings (SSSR count). The maximum atomic E-state index is 12.8. The Morgan fingerprint density at radius 3 is 2.79 bits per heavy atom. The summed E-state index contributed by atoms with van der Waals surface area (Å²) in [6.07, 6.45) is 1.74. The van der Waals surface area contributed by atoms with Gasteiger partial charge in [-0.2, -0.15) is 4.98 Å². The minimum atomic E-state index is -0.135. The van der Waals surface area contributed by atoms with Gasteiger partial charge in [-0.1, -0.05) is 22.8 Å². The Hall–Kier alpha value is -3.10. The number of aromatic nitrogens is 2. The highest BCUT2D eigenvalue weighted by atomic mass is 35.5. The number of anilines is 1. The molecule has 0 radical (unpaired) electrons. The van der Waals surface area contributed by atoms with Crippen LogP contribution in [0.5, 0.6) is 11.5 Å². The number of likely N-dealkylation sites (tertiary alicyclic amines) is 1. The van der Waals surface area contributed by atoms with E-state index in [2.05, 4.69) is 20.4 Å². The van der Waals surface area contributed by atoms with Crippen molar-refractivity contribution in [1.29, 1.82) is 0 Å². The molecule has 1 aromatic heterocycles. The predicted molar refractivity (Wildman–Crippen MR) is 126 cm³/mol. The van der Waals surface area contributed by atoms with Crippen LogP contribution in [-0.2, 0) is 11.3 Å². The standard InChI is InChI=1S/C24H27ClN4O4/c1-15-6-8-19(18(25)11-15)26-24(30)17-5-4-10-29(13-17)14-22-27-23(28-33-22)16-7-9-20(31-2)21(12-16)32-3/h6-9,11-12,17H,4-5,10,13-14H2,1-3H3,(H,26,30). The smallest absolute Gasteiger partial charge is 0.241 e. The molecule has 1 aliphatic heterocycles. The predicted octanol–water partition coefficient (Wildman–Crippen LogP) is 4.57. The number of amides is 1. The first-order valence-corrected chi connectivity index (χ1v) is 11.2. The van der Waals surface area contributed by atoms with E-state index in [0.29, 0.717) is 47.0 Å². The van der Waals surface area contributed by atoms with Gasteiger partial charge in [-0.05, 0) is 62.2 Å². The Bertz CT molecular complexity index is 1130. The van der Waals surface area contributed by atoms with Gasteiger partial charge in [0.15, 0.2) is 11.5 Å². The molecule has 2 aromatic carbocycles. The highest BCUT2D eigenvalue weighted by Crippen LogP contribution is 2.31. The molecule has 0 aliphatic carbocycles. The lowest BCUT2D eigenvalue weighted by Gasteiger charge is -2.30.